The van der Waals surface area contributed by atoms with Crippen molar-refractivity contribution in [3.63, 3.8) is 0 Å². The molecule has 5 heteroatoms. The van der Waals surface area contributed by atoms with Crippen molar-refractivity contribution in [3.8, 4) is 0 Å². The van der Waals surface area contributed by atoms with Crippen molar-refractivity contribution in [3.05, 3.63) is 21.4 Å². The maximum absolute atomic E-state index is 11.4. The minimum atomic E-state index is -0.209. The summed E-state index contributed by atoms with van der Waals surface area (Å²) < 4.78 is 0. The van der Waals surface area contributed by atoms with Gasteiger partial charge in [0.1, 0.15) is 0 Å². The first kappa shape index (κ1) is 15.1. The molecular formula is C13H23N3OS. The van der Waals surface area contributed by atoms with E-state index in [1.54, 1.807) is 0 Å². The third-order valence-electron chi connectivity index (χ3n) is 3.14. The molecule has 1 unspecified atom stereocenters. The molecule has 0 saturated carbocycles. The van der Waals surface area contributed by atoms with E-state index in [1.165, 1.54) is 28.2 Å². The van der Waals surface area contributed by atoms with E-state index in [-0.39, 0.29) is 5.91 Å². The molecule has 0 aromatic carbocycles. The number of carbonyl (C=O) groups excluding carboxylic acids is 1. The fourth-order valence-electron chi connectivity index (χ4n) is 1.88. The zero-order valence-corrected chi connectivity index (χ0v) is 12.4. The van der Waals surface area contributed by atoms with E-state index < -0.39 is 0 Å². The third-order valence-corrected chi connectivity index (χ3v) is 4.23. The molecule has 0 aliphatic rings. The summed E-state index contributed by atoms with van der Waals surface area (Å²) in [6.07, 6.45) is 1.19. The lowest BCUT2D eigenvalue weighted by Gasteiger charge is -2.20. The topological polar surface area (TPSA) is 58.4 Å². The highest BCUT2D eigenvalue weighted by Gasteiger charge is 2.13. The minimum absolute atomic E-state index is 0.209. The van der Waals surface area contributed by atoms with Gasteiger partial charge < -0.3 is 4.90 Å². The fraction of sp³-hybridized carbons (Fsp3) is 0.615. The molecule has 0 saturated heterocycles. The van der Waals surface area contributed by atoms with Crippen LogP contribution in [0.4, 0.5) is 0 Å². The van der Waals surface area contributed by atoms with Crippen LogP contribution in [0.25, 0.3) is 0 Å². The Morgan fingerprint density at radius 3 is 2.83 bits per heavy atom. The first-order chi connectivity index (χ1) is 8.47. The van der Waals surface area contributed by atoms with Gasteiger partial charge in [0.15, 0.2) is 0 Å². The molecule has 3 N–H and O–H groups in total. The third kappa shape index (κ3) is 4.08. The van der Waals surface area contributed by atoms with Gasteiger partial charge in [-0.2, -0.15) is 0 Å². The molecule has 0 spiro atoms. The van der Waals surface area contributed by atoms with Gasteiger partial charge in [-0.3, -0.25) is 10.2 Å². The molecule has 1 aromatic heterocycles. The van der Waals surface area contributed by atoms with Crippen LogP contribution in [-0.4, -0.2) is 24.4 Å². The van der Waals surface area contributed by atoms with Gasteiger partial charge in [0.25, 0.3) is 5.91 Å². The standard InChI is InChI=1S/C13H23N3OS/c1-5-9(2)7-16(4)8-11-6-12(13(17)15-14)18-10(11)3/h6,9H,5,7-8,14H2,1-4H3,(H,15,17). The van der Waals surface area contributed by atoms with Crippen LogP contribution in [0, 0.1) is 12.8 Å². The lowest BCUT2D eigenvalue weighted by atomic mass is 10.1. The Hall–Kier alpha value is -0.910. The van der Waals surface area contributed by atoms with Crippen LogP contribution in [0.1, 0.15) is 40.4 Å². The van der Waals surface area contributed by atoms with Crippen LogP contribution in [0.2, 0.25) is 0 Å². The molecule has 1 aromatic rings. The zero-order valence-electron chi connectivity index (χ0n) is 11.6. The van der Waals surface area contributed by atoms with Crippen LogP contribution in [0.5, 0.6) is 0 Å². The van der Waals surface area contributed by atoms with E-state index in [0.717, 1.165) is 13.1 Å². The predicted molar refractivity (Wildman–Crippen MR) is 76.5 cm³/mol. The largest absolute Gasteiger partial charge is 0.302 e. The lowest BCUT2D eigenvalue weighted by molar-refractivity contribution is 0.0957. The first-order valence-electron chi connectivity index (χ1n) is 6.26. The molecule has 102 valence electrons. The number of carbonyl (C=O) groups is 1. The number of nitrogens with zero attached hydrogens (tertiary/aromatic N) is 1. The Kier molecular flexibility index (Phi) is 5.78. The number of nitrogen functional groups attached to an aromatic ring is 1. The number of nitrogens with one attached hydrogen (secondary N) is 1. The van der Waals surface area contributed by atoms with Gasteiger partial charge in [-0.05, 0) is 31.5 Å². The molecule has 0 fully saturated rings. The normalized spacial score (nSPS) is 12.8. The van der Waals surface area contributed by atoms with E-state index in [2.05, 4.69) is 31.2 Å². The van der Waals surface area contributed by atoms with Gasteiger partial charge in [-0.1, -0.05) is 20.3 Å². The summed E-state index contributed by atoms with van der Waals surface area (Å²) in [6.45, 7) is 8.46. The second-order valence-electron chi connectivity index (χ2n) is 4.88. The predicted octanol–water partition coefficient (Wildman–Crippen LogP) is 2.14. The highest BCUT2D eigenvalue weighted by molar-refractivity contribution is 7.14. The van der Waals surface area contributed by atoms with Crippen molar-refractivity contribution in [2.24, 2.45) is 11.8 Å². The smallest absolute Gasteiger partial charge is 0.275 e. The molecule has 1 rings (SSSR count). The summed E-state index contributed by atoms with van der Waals surface area (Å²) in [4.78, 5) is 15.6. The lowest BCUT2D eigenvalue weighted by Crippen LogP contribution is -2.29. The SMILES string of the molecule is CCC(C)CN(C)Cc1cc(C(=O)NN)sc1C. The van der Waals surface area contributed by atoms with Crippen molar-refractivity contribution < 1.29 is 4.79 Å². The fourth-order valence-corrected chi connectivity index (χ4v) is 2.81. The number of thiophene rings is 1. The van der Waals surface area contributed by atoms with Gasteiger partial charge in [0, 0.05) is 18.0 Å². The summed E-state index contributed by atoms with van der Waals surface area (Å²) >= 11 is 1.49. The van der Waals surface area contributed by atoms with Crippen molar-refractivity contribution in [1.82, 2.24) is 10.3 Å². The Bertz CT molecular complexity index is 403. The van der Waals surface area contributed by atoms with Crippen LogP contribution in [0.3, 0.4) is 0 Å². The Labute approximate surface area is 113 Å². The molecule has 18 heavy (non-hydrogen) atoms. The van der Waals surface area contributed by atoms with E-state index in [0.29, 0.717) is 10.8 Å². The van der Waals surface area contributed by atoms with E-state index in [9.17, 15) is 4.79 Å². The number of nitrogens with two attached hydrogens (primary N) is 1. The van der Waals surface area contributed by atoms with Gasteiger partial charge in [-0.15, -0.1) is 11.3 Å². The Morgan fingerprint density at radius 1 is 1.61 bits per heavy atom. The molecule has 4 nitrogen and oxygen atoms in total. The van der Waals surface area contributed by atoms with Crippen LogP contribution >= 0.6 is 11.3 Å². The summed E-state index contributed by atoms with van der Waals surface area (Å²) in [6, 6.07) is 1.94. The quantitative estimate of drug-likeness (QED) is 0.472. The van der Waals surface area contributed by atoms with Gasteiger partial charge in [0.05, 0.1) is 4.88 Å². The van der Waals surface area contributed by atoms with Crippen molar-refractivity contribution in [1.29, 1.82) is 0 Å². The molecule has 1 atom stereocenters. The maximum atomic E-state index is 11.4. The number of hydrogen-bond acceptors (Lipinski definition) is 4. The van der Waals surface area contributed by atoms with Crippen LogP contribution in [0.15, 0.2) is 6.07 Å². The Balaban J connectivity index is 2.67. The molecule has 1 heterocycles. The van der Waals surface area contributed by atoms with E-state index in [4.69, 9.17) is 5.84 Å². The Morgan fingerprint density at radius 2 is 2.28 bits per heavy atom. The molecule has 0 aliphatic carbocycles. The number of aryl methyl sites for hydroxylation is 1. The number of hydrogen-bond donors (Lipinski definition) is 2. The average molecular weight is 269 g/mol. The van der Waals surface area contributed by atoms with E-state index >= 15 is 0 Å². The highest BCUT2D eigenvalue weighted by atomic mass is 32.1. The molecular weight excluding hydrogens is 246 g/mol. The van der Waals surface area contributed by atoms with Crippen molar-refractivity contribution in [2.45, 2.75) is 33.7 Å². The summed E-state index contributed by atoms with van der Waals surface area (Å²) in [7, 11) is 2.12. The molecule has 0 radical (unpaired) electrons. The van der Waals surface area contributed by atoms with E-state index in [1.807, 2.05) is 13.0 Å². The zero-order chi connectivity index (χ0) is 13.7. The molecule has 1 amide bonds. The number of rotatable bonds is 6. The number of amides is 1. The van der Waals surface area contributed by atoms with Crippen molar-refractivity contribution in [2.75, 3.05) is 13.6 Å². The average Bonchev–Trinajstić information content (AvgIpc) is 2.69. The molecule has 0 bridgehead atoms. The maximum Gasteiger partial charge on any atom is 0.275 e. The second-order valence-corrected chi connectivity index (χ2v) is 6.13. The van der Waals surface area contributed by atoms with Gasteiger partial charge in [-0.25, -0.2) is 5.84 Å². The van der Waals surface area contributed by atoms with Gasteiger partial charge >= 0.3 is 0 Å². The van der Waals surface area contributed by atoms with Crippen LogP contribution in [-0.2, 0) is 6.54 Å². The second kappa shape index (κ2) is 6.87. The highest BCUT2D eigenvalue weighted by Crippen LogP contribution is 2.22. The van der Waals surface area contributed by atoms with Crippen LogP contribution < -0.4 is 11.3 Å². The summed E-state index contributed by atoms with van der Waals surface area (Å²) in [5, 5.41) is 0. The summed E-state index contributed by atoms with van der Waals surface area (Å²) in [5.41, 5.74) is 3.39. The number of hydrazine groups is 1. The molecule has 0 aliphatic heterocycles. The summed E-state index contributed by atoms with van der Waals surface area (Å²) in [5.74, 6) is 5.63. The first-order valence-corrected chi connectivity index (χ1v) is 7.08. The van der Waals surface area contributed by atoms with Gasteiger partial charge in [0.2, 0.25) is 0 Å². The minimum Gasteiger partial charge on any atom is -0.302 e. The monoisotopic (exact) mass is 269 g/mol. The van der Waals surface area contributed by atoms with Crippen molar-refractivity contribution >= 4 is 17.2 Å².